The summed E-state index contributed by atoms with van der Waals surface area (Å²) in [7, 11) is 0. The van der Waals surface area contributed by atoms with Crippen molar-refractivity contribution in [2.24, 2.45) is 0 Å². The first kappa shape index (κ1) is 15.1. The minimum Gasteiger partial charge on any atom is -0.459 e. The lowest BCUT2D eigenvalue weighted by Crippen LogP contribution is -2.15. The number of ether oxygens (including phenoxy) is 1. The fourth-order valence-electron chi connectivity index (χ4n) is 1.96. The Morgan fingerprint density at radius 2 is 2.05 bits per heavy atom. The van der Waals surface area contributed by atoms with E-state index < -0.39 is 5.97 Å². The highest BCUT2D eigenvalue weighted by Gasteiger charge is 2.21. The smallest absolute Gasteiger partial charge is 0.341 e. The molecule has 0 aliphatic rings. The number of nitrogen functional groups attached to an aromatic ring is 1. The number of carbonyl (C=O) groups excluding carboxylic acids is 1. The Bertz CT molecular complexity index is 726. The Hall–Kier alpha value is -2.32. The standard InChI is InChI=1S/C16H16N2O2S/c1-9(2)20-16(19)14-12(6-4-10(3)15(14)18)13-7-5-11(8-17)21-13/h4-7,9H,18H2,1-3H3. The van der Waals surface area contributed by atoms with Gasteiger partial charge in [-0.15, -0.1) is 11.3 Å². The van der Waals surface area contributed by atoms with Gasteiger partial charge in [0.25, 0.3) is 0 Å². The third-order valence-corrected chi connectivity index (χ3v) is 4.02. The first-order chi connectivity index (χ1) is 9.93. The lowest BCUT2D eigenvalue weighted by Gasteiger charge is -2.14. The van der Waals surface area contributed by atoms with E-state index in [0.717, 1.165) is 10.4 Å². The van der Waals surface area contributed by atoms with E-state index in [1.54, 1.807) is 19.9 Å². The zero-order valence-corrected chi connectivity index (χ0v) is 13.0. The quantitative estimate of drug-likeness (QED) is 0.692. The molecule has 0 saturated heterocycles. The third-order valence-electron chi connectivity index (χ3n) is 2.99. The number of hydrogen-bond acceptors (Lipinski definition) is 5. The topological polar surface area (TPSA) is 76.1 Å². The molecule has 108 valence electrons. The van der Waals surface area contributed by atoms with Gasteiger partial charge in [-0.25, -0.2) is 4.79 Å². The predicted octanol–water partition coefficient (Wildman–Crippen LogP) is 3.74. The minimum absolute atomic E-state index is 0.219. The van der Waals surface area contributed by atoms with E-state index in [-0.39, 0.29) is 6.10 Å². The van der Waals surface area contributed by atoms with Crippen molar-refractivity contribution in [3.8, 4) is 16.5 Å². The second kappa shape index (κ2) is 5.98. The number of thiophene rings is 1. The van der Waals surface area contributed by atoms with Gasteiger partial charge in [-0.2, -0.15) is 5.26 Å². The molecule has 0 unspecified atom stereocenters. The molecule has 2 N–H and O–H groups in total. The molecule has 0 fully saturated rings. The highest BCUT2D eigenvalue weighted by Crippen LogP contribution is 2.35. The average Bonchev–Trinajstić information content (AvgIpc) is 2.89. The van der Waals surface area contributed by atoms with Gasteiger partial charge in [-0.05, 0) is 38.5 Å². The summed E-state index contributed by atoms with van der Waals surface area (Å²) in [6.07, 6.45) is -0.219. The highest BCUT2D eigenvalue weighted by molar-refractivity contribution is 7.16. The summed E-state index contributed by atoms with van der Waals surface area (Å²) < 4.78 is 5.29. The van der Waals surface area contributed by atoms with Gasteiger partial charge in [-0.1, -0.05) is 12.1 Å². The number of nitriles is 1. The van der Waals surface area contributed by atoms with E-state index in [1.807, 2.05) is 25.1 Å². The summed E-state index contributed by atoms with van der Waals surface area (Å²) in [6.45, 7) is 5.44. The molecule has 1 aromatic heterocycles. The molecule has 0 bridgehead atoms. The van der Waals surface area contributed by atoms with Crippen LogP contribution in [0.4, 0.5) is 5.69 Å². The zero-order chi connectivity index (χ0) is 15.6. The van der Waals surface area contributed by atoms with Crippen molar-refractivity contribution in [2.45, 2.75) is 26.9 Å². The van der Waals surface area contributed by atoms with Gasteiger partial charge >= 0.3 is 5.97 Å². The summed E-state index contributed by atoms with van der Waals surface area (Å²) in [4.78, 5) is 13.8. The number of hydrogen-bond donors (Lipinski definition) is 1. The van der Waals surface area contributed by atoms with E-state index in [0.29, 0.717) is 21.7 Å². The number of benzene rings is 1. The molecule has 21 heavy (non-hydrogen) atoms. The number of anilines is 1. The number of carbonyl (C=O) groups is 1. The van der Waals surface area contributed by atoms with Crippen molar-refractivity contribution in [1.29, 1.82) is 5.26 Å². The van der Waals surface area contributed by atoms with Crippen LogP contribution < -0.4 is 5.73 Å². The van der Waals surface area contributed by atoms with Gasteiger partial charge in [0.2, 0.25) is 0 Å². The Balaban J connectivity index is 2.58. The molecular formula is C16H16N2O2S. The van der Waals surface area contributed by atoms with Gasteiger partial charge in [0.05, 0.1) is 11.7 Å². The highest BCUT2D eigenvalue weighted by atomic mass is 32.1. The van der Waals surface area contributed by atoms with Crippen molar-refractivity contribution in [1.82, 2.24) is 0 Å². The van der Waals surface area contributed by atoms with E-state index in [9.17, 15) is 4.79 Å². The van der Waals surface area contributed by atoms with Gasteiger partial charge in [0.15, 0.2) is 0 Å². The van der Waals surface area contributed by atoms with Crippen LogP contribution in [0.1, 0.15) is 34.6 Å². The second-order valence-corrected chi connectivity index (χ2v) is 6.03. The molecule has 0 amide bonds. The largest absolute Gasteiger partial charge is 0.459 e. The summed E-state index contributed by atoms with van der Waals surface area (Å²) >= 11 is 1.33. The van der Waals surface area contributed by atoms with Crippen molar-refractivity contribution in [3.63, 3.8) is 0 Å². The molecule has 0 radical (unpaired) electrons. The van der Waals surface area contributed by atoms with E-state index in [2.05, 4.69) is 6.07 Å². The van der Waals surface area contributed by atoms with Crippen LogP contribution in [0.15, 0.2) is 24.3 Å². The first-order valence-corrected chi connectivity index (χ1v) is 7.36. The van der Waals surface area contributed by atoms with Crippen LogP contribution in [0.3, 0.4) is 0 Å². The van der Waals surface area contributed by atoms with Gasteiger partial charge in [0, 0.05) is 16.1 Å². The molecule has 0 atom stereocenters. The average molecular weight is 300 g/mol. The van der Waals surface area contributed by atoms with Gasteiger partial charge < -0.3 is 10.5 Å². The normalized spacial score (nSPS) is 10.4. The van der Waals surface area contributed by atoms with E-state index >= 15 is 0 Å². The van der Waals surface area contributed by atoms with Crippen molar-refractivity contribution in [2.75, 3.05) is 5.73 Å². The fraction of sp³-hybridized carbons (Fsp3) is 0.250. The second-order valence-electron chi connectivity index (χ2n) is 4.95. The maximum Gasteiger partial charge on any atom is 0.341 e. The molecular weight excluding hydrogens is 284 g/mol. The van der Waals surface area contributed by atoms with Crippen LogP contribution >= 0.6 is 11.3 Å². The Labute approximate surface area is 127 Å². The van der Waals surface area contributed by atoms with Crippen LogP contribution in [0, 0.1) is 18.3 Å². The number of esters is 1. The van der Waals surface area contributed by atoms with Crippen LogP contribution in [0.5, 0.6) is 0 Å². The predicted molar refractivity (Wildman–Crippen MR) is 84.2 cm³/mol. The molecule has 5 heteroatoms. The molecule has 2 rings (SSSR count). The van der Waals surface area contributed by atoms with Crippen molar-refractivity contribution >= 4 is 23.0 Å². The van der Waals surface area contributed by atoms with Gasteiger partial charge in [0.1, 0.15) is 10.9 Å². The Morgan fingerprint density at radius 1 is 1.33 bits per heavy atom. The number of nitrogens with two attached hydrogens (primary N) is 1. The van der Waals surface area contributed by atoms with Crippen LogP contribution in [-0.2, 0) is 4.74 Å². The number of aryl methyl sites for hydroxylation is 1. The van der Waals surface area contributed by atoms with Gasteiger partial charge in [-0.3, -0.25) is 0 Å². The summed E-state index contributed by atoms with van der Waals surface area (Å²) in [5, 5.41) is 8.94. The summed E-state index contributed by atoms with van der Waals surface area (Å²) in [5.41, 5.74) is 8.40. The molecule has 0 aliphatic heterocycles. The molecule has 4 nitrogen and oxygen atoms in total. The molecule has 2 aromatic rings. The molecule has 0 saturated carbocycles. The Morgan fingerprint density at radius 3 is 2.62 bits per heavy atom. The minimum atomic E-state index is -0.437. The van der Waals surface area contributed by atoms with Crippen molar-refractivity contribution in [3.05, 3.63) is 40.3 Å². The van der Waals surface area contributed by atoms with E-state index in [4.69, 9.17) is 15.7 Å². The number of nitrogens with zero attached hydrogens (tertiary/aromatic N) is 1. The van der Waals surface area contributed by atoms with E-state index in [1.165, 1.54) is 11.3 Å². The number of rotatable bonds is 3. The lowest BCUT2D eigenvalue weighted by molar-refractivity contribution is 0.0380. The maximum absolute atomic E-state index is 12.3. The summed E-state index contributed by atoms with van der Waals surface area (Å²) in [6, 6.07) is 9.35. The van der Waals surface area contributed by atoms with Crippen LogP contribution in [0.2, 0.25) is 0 Å². The lowest BCUT2D eigenvalue weighted by atomic mass is 10.0. The van der Waals surface area contributed by atoms with Crippen LogP contribution in [0.25, 0.3) is 10.4 Å². The van der Waals surface area contributed by atoms with Crippen LogP contribution in [-0.4, -0.2) is 12.1 Å². The Kier molecular flexibility index (Phi) is 4.29. The molecule has 0 aliphatic carbocycles. The monoisotopic (exact) mass is 300 g/mol. The molecule has 0 spiro atoms. The SMILES string of the molecule is Cc1ccc(-c2ccc(C#N)s2)c(C(=O)OC(C)C)c1N. The summed E-state index contributed by atoms with van der Waals surface area (Å²) in [5.74, 6) is -0.437. The third kappa shape index (κ3) is 3.06. The zero-order valence-electron chi connectivity index (χ0n) is 12.1. The fourth-order valence-corrected chi connectivity index (χ4v) is 2.80. The molecule has 1 aromatic carbocycles. The molecule has 1 heterocycles. The van der Waals surface area contributed by atoms with Crippen molar-refractivity contribution < 1.29 is 9.53 Å². The maximum atomic E-state index is 12.3. The first-order valence-electron chi connectivity index (χ1n) is 6.54.